The average Bonchev–Trinajstić information content (AvgIpc) is 3.12. The van der Waals surface area contributed by atoms with Gasteiger partial charge in [-0.25, -0.2) is 9.18 Å². The van der Waals surface area contributed by atoms with Gasteiger partial charge < -0.3 is 0 Å². The van der Waals surface area contributed by atoms with Crippen molar-refractivity contribution in [2.24, 2.45) is 0 Å². The minimum atomic E-state index is -0.264. The van der Waals surface area contributed by atoms with Crippen LogP contribution in [0.5, 0.6) is 0 Å². The first-order valence-electron chi connectivity index (χ1n) is 8.27. The Balaban J connectivity index is 1.86. The van der Waals surface area contributed by atoms with Crippen LogP contribution in [-0.2, 0) is 0 Å². The molecule has 0 aromatic heterocycles. The van der Waals surface area contributed by atoms with Gasteiger partial charge in [0.15, 0.2) is 0 Å². The van der Waals surface area contributed by atoms with Gasteiger partial charge >= 0.3 is 6.03 Å². The molecule has 124 valence electrons. The number of rotatable bonds is 2. The number of halogens is 1. The summed E-state index contributed by atoms with van der Waals surface area (Å²) in [6.07, 6.45) is 0.740. The molecule has 2 aromatic rings. The first-order chi connectivity index (χ1) is 11.6. The van der Waals surface area contributed by atoms with Crippen LogP contribution in [0.1, 0.15) is 29.3 Å². The summed E-state index contributed by atoms with van der Waals surface area (Å²) in [6.45, 7) is 5.61. The zero-order valence-electron chi connectivity index (χ0n) is 13.9. The van der Waals surface area contributed by atoms with Gasteiger partial charge in [-0.05, 0) is 49.1 Å². The maximum atomic E-state index is 13.4. The van der Waals surface area contributed by atoms with Gasteiger partial charge in [-0.1, -0.05) is 30.3 Å². The summed E-state index contributed by atoms with van der Waals surface area (Å²) in [5, 5.41) is 3.92. The van der Waals surface area contributed by atoms with Crippen molar-refractivity contribution in [1.29, 1.82) is 0 Å². The third-order valence-corrected chi connectivity index (χ3v) is 4.87. The molecule has 0 unspecified atom stereocenters. The smallest absolute Gasteiger partial charge is 0.271 e. The highest BCUT2D eigenvalue weighted by Gasteiger charge is 2.48. The fourth-order valence-corrected chi connectivity index (χ4v) is 3.81. The van der Waals surface area contributed by atoms with Crippen molar-refractivity contribution in [3.05, 3.63) is 65.0 Å². The molecule has 0 spiro atoms. The van der Waals surface area contributed by atoms with E-state index in [1.54, 1.807) is 12.1 Å². The fraction of sp³-hybridized carbons (Fsp3) is 0.316. The highest BCUT2D eigenvalue weighted by Crippen LogP contribution is 2.42. The van der Waals surface area contributed by atoms with Gasteiger partial charge in [0, 0.05) is 13.1 Å². The van der Waals surface area contributed by atoms with Gasteiger partial charge in [-0.3, -0.25) is 9.91 Å². The number of para-hydroxylation sites is 1. The molecule has 1 atom stereocenters. The van der Waals surface area contributed by atoms with E-state index in [1.165, 1.54) is 12.1 Å². The Kier molecular flexibility index (Phi) is 3.53. The van der Waals surface area contributed by atoms with Gasteiger partial charge in [0.05, 0.1) is 5.69 Å². The number of benzene rings is 2. The topological polar surface area (TPSA) is 26.8 Å². The maximum Gasteiger partial charge on any atom is 0.340 e. The van der Waals surface area contributed by atoms with E-state index in [2.05, 4.69) is 5.01 Å². The number of fused-ring (bicyclic) bond motifs is 1. The molecule has 0 saturated carbocycles. The Bertz CT molecular complexity index is 769. The predicted octanol–water partition coefficient (Wildman–Crippen LogP) is 4.00. The number of urea groups is 1. The highest BCUT2D eigenvalue weighted by molar-refractivity contribution is 5.96. The average molecular weight is 325 g/mol. The van der Waals surface area contributed by atoms with E-state index in [9.17, 15) is 9.18 Å². The van der Waals surface area contributed by atoms with Gasteiger partial charge in [-0.15, -0.1) is 0 Å². The van der Waals surface area contributed by atoms with Crippen molar-refractivity contribution in [2.75, 3.05) is 18.0 Å². The molecule has 2 aliphatic heterocycles. The van der Waals surface area contributed by atoms with E-state index in [0.29, 0.717) is 0 Å². The van der Waals surface area contributed by atoms with Crippen LogP contribution < -0.4 is 4.90 Å². The maximum absolute atomic E-state index is 13.4. The first kappa shape index (κ1) is 15.1. The summed E-state index contributed by atoms with van der Waals surface area (Å²) in [4.78, 5) is 14.9. The summed E-state index contributed by atoms with van der Waals surface area (Å²) in [6, 6.07) is 12.5. The summed E-state index contributed by atoms with van der Waals surface area (Å²) in [7, 11) is 0. The molecule has 5 heteroatoms. The number of amides is 2. The van der Waals surface area contributed by atoms with Gasteiger partial charge in [0.2, 0.25) is 0 Å². The van der Waals surface area contributed by atoms with E-state index < -0.39 is 0 Å². The van der Waals surface area contributed by atoms with E-state index in [-0.39, 0.29) is 18.0 Å². The Morgan fingerprint density at radius 2 is 1.67 bits per heavy atom. The second-order valence-electron chi connectivity index (χ2n) is 6.46. The minimum absolute atomic E-state index is 0.000718. The predicted molar refractivity (Wildman–Crippen MR) is 91.0 cm³/mol. The molecule has 24 heavy (non-hydrogen) atoms. The molecule has 2 amide bonds. The third-order valence-electron chi connectivity index (χ3n) is 4.87. The Labute approximate surface area is 141 Å². The summed E-state index contributed by atoms with van der Waals surface area (Å²) in [5.74, 6) is -0.264. The number of nitrogens with zero attached hydrogens (tertiary/aromatic N) is 3. The largest absolute Gasteiger partial charge is 0.340 e. The van der Waals surface area contributed by atoms with Gasteiger partial charge in [0.1, 0.15) is 12.0 Å². The van der Waals surface area contributed by atoms with Crippen LogP contribution in [0.15, 0.2) is 42.5 Å². The molecule has 0 bridgehead atoms. The highest BCUT2D eigenvalue weighted by atomic mass is 19.1. The zero-order chi connectivity index (χ0) is 16.8. The third kappa shape index (κ3) is 2.19. The van der Waals surface area contributed by atoms with E-state index in [4.69, 9.17) is 0 Å². The number of hydrogen-bond donors (Lipinski definition) is 0. The number of hydrazine groups is 1. The SMILES string of the molecule is Cc1cccc(C)c1N1C(=O)N2CCCN2[C@@H]1c1ccc(F)cc1. The lowest BCUT2D eigenvalue weighted by Crippen LogP contribution is -2.33. The molecule has 2 saturated heterocycles. The Morgan fingerprint density at radius 3 is 2.33 bits per heavy atom. The van der Waals surface area contributed by atoms with Crippen LogP contribution >= 0.6 is 0 Å². The minimum Gasteiger partial charge on any atom is -0.271 e. The number of carbonyl (C=O) groups is 1. The Morgan fingerprint density at radius 1 is 1.00 bits per heavy atom. The van der Waals surface area contributed by atoms with Crippen molar-refractivity contribution in [3.63, 3.8) is 0 Å². The molecule has 2 aliphatic rings. The van der Waals surface area contributed by atoms with Crippen LogP contribution in [0.4, 0.5) is 14.9 Å². The zero-order valence-corrected chi connectivity index (χ0v) is 13.9. The monoisotopic (exact) mass is 325 g/mol. The molecule has 2 heterocycles. The van der Waals surface area contributed by atoms with Crippen molar-refractivity contribution in [1.82, 2.24) is 10.0 Å². The molecule has 4 nitrogen and oxygen atoms in total. The van der Waals surface area contributed by atoms with E-state index >= 15 is 0 Å². The first-order valence-corrected chi connectivity index (χ1v) is 8.27. The summed E-state index contributed by atoms with van der Waals surface area (Å²) >= 11 is 0. The van der Waals surface area contributed by atoms with Crippen molar-refractivity contribution < 1.29 is 9.18 Å². The van der Waals surface area contributed by atoms with Crippen LogP contribution in [0.2, 0.25) is 0 Å². The molecule has 0 radical (unpaired) electrons. The second kappa shape index (κ2) is 5.60. The van der Waals surface area contributed by atoms with Crippen LogP contribution in [0, 0.1) is 19.7 Å². The molecular weight excluding hydrogens is 305 g/mol. The van der Waals surface area contributed by atoms with Crippen molar-refractivity contribution in [2.45, 2.75) is 26.4 Å². The van der Waals surface area contributed by atoms with E-state index in [0.717, 1.165) is 41.9 Å². The molecule has 4 rings (SSSR count). The fourth-order valence-electron chi connectivity index (χ4n) is 3.81. The molecular formula is C19H20FN3O. The van der Waals surface area contributed by atoms with Crippen LogP contribution in [0.25, 0.3) is 0 Å². The molecule has 0 aliphatic carbocycles. The summed E-state index contributed by atoms with van der Waals surface area (Å²) < 4.78 is 13.4. The standard InChI is InChI=1S/C19H20FN3O/c1-13-5-3-6-14(2)17(13)23-18(15-7-9-16(20)10-8-15)21-11-4-12-22(21)19(23)24/h3,5-10,18H,4,11-12H2,1-2H3/t18-/m0/s1. The number of anilines is 1. The van der Waals surface area contributed by atoms with Crippen molar-refractivity contribution >= 4 is 11.7 Å². The van der Waals surface area contributed by atoms with Gasteiger partial charge in [0.25, 0.3) is 0 Å². The molecule has 0 N–H and O–H groups in total. The van der Waals surface area contributed by atoms with E-state index in [1.807, 2.05) is 42.0 Å². The summed E-state index contributed by atoms with van der Waals surface area (Å²) in [5.41, 5.74) is 4.01. The molecule has 2 fully saturated rings. The number of hydrogen-bond acceptors (Lipinski definition) is 2. The lowest BCUT2D eigenvalue weighted by atomic mass is 10.1. The molecule has 2 aromatic carbocycles. The van der Waals surface area contributed by atoms with Crippen LogP contribution in [0.3, 0.4) is 0 Å². The quantitative estimate of drug-likeness (QED) is 0.834. The van der Waals surface area contributed by atoms with Crippen molar-refractivity contribution in [3.8, 4) is 0 Å². The lowest BCUT2D eigenvalue weighted by molar-refractivity contribution is 0.0727. The number of carbonyl (C=O) groups excluding carboxylic acids is 1. The second-order valence-corrected chi connectivity index (χ2v) is 6.46. The van der Waals surface area contributed by atoms with Crippen LogP contribution in [-0.4, -0.2) is 29.1 Å². The normalized spacial score (nSPS) is 20.8. The van der Waals surface area contributed by atoms with Gasteiger partial charge in [-0.2, -0.15) is 5.01 Å². The number of aryl methyl sites for hydroxylation is 2. The Hall–Kier alpha value is -2.40. The lowest BCUT2D eigenvalue weighted by Gasteiger charge is -2.29.